The van der Waals surface area contributed by atoms with Gasteiger partial charge >= 0.3 is 0 Å². The average Bonchev–Trinajstić information content (AvgIpc) is 3.18. The summed E-state index contributed by atoms with van der Waals surface area (Å²) in [6.07, 6.45) is 0.705. The second-order valence-corrected chi connectivity index (χ2v) is 7.73. The Balaban J connectivity index is 2.11. The van der Waals surface area contributed by atoms with Crippen LogP contribution in [0.3, 0.4) is 0 Å². The molecule has 0 bridgehead atoms. The number of aliphatic hydroxyl groups excluding tert-OH is 1. The number of methoxy groups -OCH3 is 1. The predicted molar refractivity (Wildman–Crippen MR) is 113 cm³/mol. The van der Waals surface area contributed by atoms with Gasteiger partial charge < -0.3 is 19.6 Å². The van der Waals surface area contributed by atoms with Gasteiger partial charge in [0.2, 0.25) is 0 Å². The van der Waals surface area contributed by atoms with Gasteiger partial charge in [-0.2, -0.15) is 5.10 Å². The molecule has 1 saturated heterocycles. The van der Waals surface area contributed by atoms with Gasteiger partial charge in [-0.3, -0.25) is 14.7 Å². The molecule has 1 atom stereocenters. The fraction of sp³-hybridized carbons (Fsp3) is 0.409. The third kappa shape index (κ3) is 3.95. The maximum Gasteiger partial charge on any atom is 0.295 e. The Morgan fingerprint density at radius 3 is 2.43 bits per heavy atom. The lowest BCUT2D eigenvalue weighted by molar-refractivity contribution is -0.139. The van der Waals surface area contributed by atoms with Crippen LogP contribution in [0.4, 0.5) is 0 Å². The highest BCUT2D eigenvalue weighted by molar-refractivity contribution is 6.46. The van der Waals surface area contributed by atoms with E-state index in [1.54, 1.807) is 38.0 Å². The Bertz CT molecular complexity index is 956. The van der Waals surface area contributed by atoms with E-state index in [2.05, 4.69) is 10.2 Å². The molecule has 8 heteroatoms. The summed E-state index contributed by atoms with van der Waals surface area (Å²) in [5.74, 6) is -0.814. The number of benzene rings is 1. The lowest BCUT2D eigenvalue weighted by Gasteiger charge is -2.26. The van der Waals surface area contributed by atoms with Crippen LogP contribution in [-0.2, 0) is 9.59 Å². The molecular weight excluding hydrogens is 384 g/mol. The quantitative estimate of drug-likeness (QED) is 0.412. The molecule has 1 aromatic carbocycles. The van der Waals surface area contributed by atoms with Crippen molar-refractivity contribution in [2.24, 2.45) is 0 Å². The Morgan fingerprint density at radius 2 is 1.90 bits per heavy atom. The van der Waals surface area contributed by atoms with E-state index in [4.69, 9.17) is 4.74 Å². The monoisotopic (exact) mass is 412 g/mol. The summed E-state index contributed by atoms with van der Waals surface area (Å²) in [6, 6.07) is 6.52. The number of aliphatic hydroxyl groups is 1. The zero-order valence-electron chi connectivity index (χ0n) is 18.0. The summed E-state index contributed by atoms with van der Waals surface area (Å²) in [5, 5.41) is 18.0. The number of hydrogen-bond acceptors (Lipinski definition) is 6. The van der Waals surface area contributed by atoms with E-state index in [0.29, 0.717) is 35.7 Å². The van der Waals surface area contributed by atoms with Gasteiger partial charge in [-0.1, -0.05) is 12.1 Å². The summed E-state index contributed by atoms with van der Waals surface area (Å²) in [7, 11) is 5.49. The Morgan fingerprint density at radius 1 is 1.23 bits per heavy atom. The second-order valence-electron chi connectivity index (χ2n) is 7.73. The molecular formula is C22H28N4O4. The smallest absolute Gasteiger partial charge is 0.295 e. The zero-order valence-corrected chi connectivity index (χ0v) is 18.0. The van der Waals surface area contributed by atoms with Gasteiger partial charge in [0.1, 0.15) is 11.5 Å². The van der Waals surface area contributed by atoms with E-state index in [9.17, 15) is 14.7 Å². The summed E-state index contributed by atoms with van der Waals surface area (Å²) in [5.41, 5.74) is 2.48. The lowest BCUT2D eigenvalue weighted by Crippen LogP contribution is -2.32. The second kappa shape index (κ2) is 8.71. The molecule has 1 amide bonds. The zero-order chi connectivity index (χ0) is 22.0. The summed E-state index contributed by atoms with van der Waals surface area (Å²) in [4.78, 5) is 29.5. The Labute approximate surface area is 176 Å². The maximum atomic E-state index is 13.0. The van der Waals surface area contributed by atoms with Crippen LogP contribution in [-0.4, -0.2) is 71.1 Å². The highest BCUT2D eigenvalue weighted by atomic mass is 16.5. The van der Waals surface area contributed by atoms with Gasteiger partial charge in [0, 0.05) is 12.2 Å². The molecule has 0 unspecified atom stereocenters. The largest absolute Gasteiger partial charge is 0.507 e. The van der Waals surface area contributed by atoms with Crippen molar-refractivity contribution in [2.45, 2.75) is 26.3 Å². The number of H-pyrrole nitrogens is 1. The van der Waals surface area contributed by atoms with Crippen LogP contribution in [0.5, 0.6) is 5.75 Å². The van der Waals surface area contributed by atoms with Gasteiger partial charge in [-0.05, 0) is 58.6 Å². The number of likely N-dealkylation sites (tertiary alicyclic amines) is 1. The molecule has 2 N–H and O–H groups in total. The van der Waals surface area contributed by atoms with Gasteiger partial charge in [0.15, 0.2) is 0 Å². The first-order valence-corrected chi connectivity index (χ1v) is 9.85. The van der Waals surface area contributed by atoms with Crippen molar-refractivity contribution in [3.63, 3.8) is 0 Å². The minimum Gasteiger partial charge on any atom is -0.507 e. The van der Waals surface area contributed by atoms with Crippen LogP contribution < -0.4 is 4.74 Å². The van der Waals surface area contributed by atoms with Crippen molar-refractivity contribution in [3.8, 4) is 5.75 Å². The van der Waals surface area contributed by atoms with E-state index in [1.807, 2.05) is 31.1 Å². The molecule has 0 aliphatic carbocycles. The molecule has 8 nitrogen and oxygen atoms in total. The van der Waals surface area contributed by atoms with Crippen molar-refractivity contribution >= 4 is 17.4 Å². The number of carbonyl (C=O) groups is 2. The molecule has 1 aliphatic heterocycles. The number of Topliss-reactive ketones (excluding diaryl/α,β-unsaturated/α-hetero) is 1. The fourth-order valence-corrected chi connectivity index (χ4v) is 3.84. The number of ketones is 1. The summed E-state index contributed by atoms with van der Waals surface area (Å²) < 4.78 is 5.23. The third-order valence-electron chi connectivity index (χ3n) is 5.34. The van der Waals surface area contributed by atoms with Gasteiger partial charge in [-0.25, -0.2) is 0 Å². The lowest BCUT2D eigenvalue weighted by atomic mass is 9.94. The number of nitrogens with zero attached hydrogens (tertiary/aromatic N) is 3. The number of carbonyl (C=O) groups excluding carboxylic acids is 2. The van der Waals surface area contributed by atoms with E-state index in [1.165, 1.54) is 0 Å². The molecule has 30 heavy (non-hydrogen) atoms. The number of ether oxygens (including phenoxy) is 1. The van der Waals surface area contributed by atoms with Crippen molar-refractivity contribution < 1.29 is 19.4 Å². The summed E-state index contributed by atoms with van der Waals surface area (Å²) in [6.45, 7) is 4.69. The fourth-order valence-electron chi connectivity index (χ4n) is 3.84. The van der Waals surface area contributed by atoms with Crippen molar-refractivity contribution in [2.75, 3.05) is 34.3 Å². The van der Waals surface area contributed by atoms with Gasteiger partial charge in [-0.15, -0.1) is 0 Å². The molecule has 0 spiro atoms. The minimum atomic E-state index is -0.682. The normalized spacial score (nSPS) is 18.5. The predicted octanol–water partition coefficient (Wildman–Crippen LogP) is 2.41. The molecule has 1 fully saturated rings. The van der Waals surface area contributed by atoms with E-state index in [0.717, 1.165) is 12.1 Å². The first-order chi connectivity index (χ1) is 14.3. The molecule has 2 heterocycles. The van der Waals surface area contributed by atoms with Crippen LogP contribution in [0.15, 0.2) is 29.8 Å². The molecule has 0 radical (unpaired) electrons. The van der Waals surface area contributed by atoms with E-state index in [-0.39, 0.29) is 11.3 Å². The van der Waals surface area contributed by atoms with Crippen LogP contribution in [0.2, 0.25) is 0 Å². The van der Waals surface area contributed by atoms with E-state index >= 15 is 0 Å². The topological polar surface area (TPSA) is 98.8 Å². The maximum absolute atomic E-state index is 13.0. The number of aryl methyl sites for hydroxylation is 2. The highest BCUT2D eigenvalue weighted by Gasteiger charge is 2.46. The number of aromatic amines is 1. The van der Waals surface area contributed by atoms with Gasteiger partial charge in [0.25, 0.3) is 11.7 Å². The SMILES string of the molecule is COc1ccc([C@@H]2C(=C(O)c3c(C)n[nH]c3C)C(=O)C(=O)N2CCCN(C)C)cc1. The van der Waals surface area contributed by atoms with Crippen LogP contribution in [0, 0.1) is 13.8 Å². The van der Waals surface area contributed by atoms with Crippen LogP contribution in [0.25, 0.3) is 5.76 Å². The number of aromatic nitrogens is 2. The molecule has 1 aromatic heterocycles. The van der Waals surface area contributed by atoms with Crippen LogP contribution >= 0.6 is 0 Å². The van der Waals surface area contributed by atoms with Crippen molar-refractivity contribution in [3.05, 3.63) is 52.4 Å². The van der Waals surface area contributed by atoms with Crippen molar-refractivity contribution in [1.82, 2.24) is 20.0 Å². The molecule has 3 rings (SSSR count). The van der Waals surface area contributed by atoms with Crippen LogP contribution in [0.1, 0.15) is 35.0 Å². The Hall–Kier alpha value is -3.13. The molecule has 0 saturated carbocycles. The number of amides is 1. The molecule has 1 aliphatic rings. The summed E-state index contributed by atoms with van der Waals surface area (Å²) >= 11 is 0. The first kappa shape index (κ1) is 21.6. The average molecular weight is 412 g/mol. The molecule has 160 valence electrons. The van der Waals surface area contributed by atoms with Crippen molar-refractivity contribution in [1.29, 1.82) is 0 Å². The minimum absolute atomic E-state index is 0.0858. The number of hydrogen-bond donors (Lipinski definition) is 2. The number of rotatable bonds is 7. The standard InChI is InChI=1S/C22H28N4O4/c1-13-17(14(2)24-23-13)20(27)18-19(15-7-9-16(30-5)10-8-15)26(22(29)21(18)28)12-6-11-25(3)4/h7-10,19,27H,6,11-12H2,1-5H3,(H,23,24)/t19-/m1/s1. The number of nitrogens with one attached hydrogen (secondary N) is 1. The first-order valence-electron chi connectivity index (χ1n) is 9.85. The van der Waals surface area contributed by atoms with Gasteiger partial charge in [0.05, 0.1) is 30.0 Å². The Kier molecular flexibility index (Phi) is 6.26. The highest BCUT2D eigenvalue weighted by Crippen LogP contribution is 2.40. The third-order valence-corrected chi connectivity index (χ3v) is 5.34. The molecule has 2 aromatic rings. The van der Waals surface area contributed by atoms with E-state index < -0.39 is 17.7 Å².